The topological polar surface area (TPSA) is 86.8 Å². The van der Waals surface area contributed by atoms with E-state index in [0.29, 0.717) is 34.3 Å². The van der Waals surface area contributed by atoms with Crippen molar-refractivity contribution in [2.45, 2.75) is 58.0 Å². The Morgan fingerprint density at radius 3 is 2.05 bits per heavy atom. The largest absolute Gasteiger partial charge is 0.354 e. The molecular formula is C30H35Cl2N3O4S. The van der Waals surface area contributed by atoms with Gasteiger partial charge in [0.15, 0.2) is 0 Å². The first-order valence-electron chi connectivity index (χ1n) is 13.1. The Bertz CT molecular complexity index is 1430. The molecule has 0 aliphatic rings. The van der Waals surface area contributed by atoms with Gasteiger partial charge in [-0.3, -0.25) is 13.9 Å². The van der Waals surface area contributed by atoms with Crippen LogP contribution in [-0.2, 0) is 26.2 Å². The van der Waals surface area contributed by atoms with E-state index < -0.39 is 28.5 Å². The van der Waals surface area contributed by atoms with Gasteiger partial charge in [-0.25, -0.2) is 8.42 Å². The van der Waals surface area contributed by atoms with Crippen LogP contribution < -0.4 is 9.62 Å². The molecule has 3 rings (SSSR count). The Balaban J connectivity index is 2.06. The van der Waals surface area contributed by atoms with Crippen molar-refractivity contribution >= 4 is 50.7 Å². The average molecular weight is 605 g/mol. The number of rotatable bonds is 12. The Labute approximate surface area is 247 Å². The van der Waals surface area contributed by atoms with Gasteiger partial charge in [-0.1, -0.05) is 78.5 Å². The maximum absolute atomic E-state index is 14.1. The predicted molar refractivity (Wildman–Crippen MR) is 161 cm³/mol. The molecule has 0 aliphatic heterocycles. The average Bonchev–Trinajstić information content (AvgIpc) is 2.92. The number of amides is 2. The zero-order valence-electron chi connectivity index (χ0n) is 23.2. The maximum atomic E-state index is 14.1. The van der Waals surface area contributed by atoms with Crippen molar-refractivity contribution < 1.29 is 18.0 Å². The summed E-state index contributed by atoms with van der Waals surface area (Å²) in [7, 11) is -4.12. The first-order chi connectivity index (χ1) is 19.0. The normalized spacial score (nSPS) is 12.1. The van der Waals surface area contributed by atoms with Gasteiger partial charge >= 0.3 is 0 Å². The van der Waals surface area contributed by atoms with Gasteiger partial charge in [0.2, 0.25) is 11.8 Å². The Kier molecular flexibility index (Phi) is 11.0. The van der Waals surface area contributed by atoms with Gasteiger partial charge < -0.3 is 10.2 Å². The van der Waals surface area contributed by atoms with Gasteiger partial charge in [0.25, 0.3) is 10.0 Å². The van der Waals surface area contributed by atoms with Crippen molar-refractivity contribution in [1.29, 1.82) is 0 Å². The van der Waals surface area contributed by atoms with Crippen LogP contribution in [0.15, 0.2) is 71.6 Å². The molecule has 40 heavy (non-hydrogen) atoms. The molecule has 0 unspecified atom stereocenters. The zero-order chi connectivity index (χ0) is 29.4. The molecule has 0 saturated heterocycles. The minimum Gasteiger partial charge on any atom is -0.354 e. The number of benzene rings is 3. The second kappa shape index (κ2) is 14.0. The highest BCUT2D eigenvalue weighted by Crippen LogP contribution is 2.27. The molecule has 1 N–H and O–H groups in total. The summed E-state index contributed by atoms with van der Waals surface area (Å²) in [5.74, 6) is -0.855. The molecular weight excluding hydrogens is 569 g/mol. The quantitative estimate of drug-likeness (QED) is 0.269. The summed E-state index contributed by atoms with van der Waals surface area (Å²) in [5.41, 5.74) is 2.78. The molecule has 0 saturated carbocycles. The molecule has 0 spiro atoms. The monoisotopic (exact) mass is 603 g/mol. The minimum absolute atomic E-state index is 0.000789. The molecule has 0 aromatic heterocycles. The van der Waals surface area contributed by atoms with E-state index in [2.05, 4.69) is 5.32 Å². The van der Waals surface area contributed by atoms with Gasteiger partial charge in [-0.05, 0) is 68.7 Å². The smallest absolute Gasteiger partial charge is 0.264 e. The van der Waals surface area contributed by atoms with Crippen LogP contribution in [0.3, 0.4) is 0 Å². The van der Waals surface area contributed by atoms with E-state index in [1.54, 1.807) is 61.5 Å². The summed E-state index contributed by atoms with van der Waals surface area (Å²) >= 11 is 12.5. The fourth-order valence-corrected chi connectivity index (χ4v) is 6.08. The van der Waals surface area contributed by atoms with E-state index in [1.807, 2.05) is 20.8 Å². The molecule has 214 valence electrons. The first kappa shape index (κ1) is 31.5. The molecule has 0 bridgehead atoms. The molecule has 0 heterocycles. The number of carbonyl (C=O) groups excluding carboxylic acids is 2. The standard InChI is InChI=1S/C30H35Cl2N3O4S/c1-5-17-33-30(37)28(6-2)34(19-23-11-12-24(31)18-27(23)32)29(36)20-35(25-13-7-21(3)8-14-25)40(38,39)26-15-9-22(4)10-16-26/h7-16,18,28H,5-6,17,19-20H2,1-4H3,(H,33,37)/t28-/m0/s1. The van der Waals surface area contributed by atoms with E-state index in [0.717, 1.165) is 21.9 Å². The second-order valence-electron chi connectivity index (χ2n) is 9.63. The number of sulfonamides is 1. The SMILES string of the molecule is CCCNC(=O)[C@H](CC)N(Cc1ccc(Cl)cc1Cl)C(=O)CN(c1ccc(C)cc1)S(=O)(=O)c1ccc(C)cc1. The lowest BCUT2D eigenvalue weighted by Gasteiger charge is -2.33. The van der Waals surface area contributed by atoms with Crippen molar-refractivity contribution in [3.05, 3.63) is 93.5 Å². The van der Waals surface area contributed by atoms with Gasteiger partial charge in [0.05, 0.1) is 10.6 Å². The van der Waals surface area contributed by atoms with Crippen LogP contribution in [-0.4, -0.2) is 44.3 Å². The summed E-state index contributed by atoms with van der Waals surface area (Å²) < 4.78 is 28.9. The molecule has 0 radical (unpaired) electrons. The van der Waals surface area contributed by atoms with E-state index >= 15 is 0 Å². The number of anilines is 1. The summed E-state index contributed by atoms with van der Waals surface area (Å²) in [4.78, 5) is 28.7. The fraction of sp³-hybridized carbons (Fsp3) is 0.333. The van der Waals surface area contributed by atoms with Crippen molar-refractivity contribution in [2.75, 3.05) is 17.4 Å². The Morgan fingerprint density at radius 1 is 0.900 bits per heavy atom. The van der Waals surface area contributed by atoms with Gasteiger partial charge in [-0.15, -0.1) is 0 Å². The number of hydrogen-bond donors (Lipinski definition) is 1. The van der Waals surface area contributed by atoms with Crippen LogP contribution >= 0.6 is 23.2 Å². The Morgan fingerprint density at radius 2 is 1.50 bits per heavy atom. The maximum Gasteiger partial charge on any atom is 0.264 e. The number of carbonyl (C=O) groups is 2. The molecule has 0 aliphatic carbocycles. The lowest BCUT2D eigenvalue weighted by molar-refractivity contribution is -0.140. The zero-order valence-corrected chi connectivity index (χ0v) is 25.5. The third-order valence-electron chi connectivity index (χ3n) is 6.50. The van der Waals surface area contributed by atoms with E-state index in [1.165, 1.54) is 17.0 Å². The highest BCUT2D eigenvalue weighted by Gasteiger charge is 2.33. The highest BCUT2D eigenvalue weighted by molar-refractivity contribution is 7.92. The second-order valence-corrected chi connectivity index (χ2v) is 12.3. The summed E-state index contributed by atoms with van der Waals surface area (Å²) in [6.07, 6.45) is 1.05. The van der Waals surface area contributed by atoms with Crippen LogP contribution in [0.5, 0.6) is 0 Å². The van der Waals surface area contributed by atoms with Crippen molar-refractivity contribution in [1.82, 2.24) is 10.2 Å². The van der Waals surface area contributed by atoms with E-state index in [4.69, 9.17) is 23.2 Å². The van der Waals surface area contributed by atoms with E-state index in [9.17, 15) is 18.0 Å². The van der Waals surface area contributed by atoms with Crippen LogP contribution in [0.25, 0.3) is 0 Å². The van der Waals surface area contributed by atoms with Crippen molar-refractivity contribution in [3.63, 3.8) is 0 Å². The molecule has 3 aromatic carbocycles. The third kappa shape index (κ3) is 7.77. The fourth-order valence-electron chi connectivity index (χ4n) is 4.20. The highest BCUT2D eigenvalue weighted by atomic mass is 35.5. The van der Waals surface area contributed by atoms with Crippen molar-refractivity contribution in [3.8, 4) is 0 Å². The number of nitrogens with one attached hydrogen (secondary N) is 1. The molecule has 3 aromatic rings. The Hall–Kier alpha value is -3.07. The van der Waals surface area contributed by atoms with Crippen LogP contribution in [0.4, 0.5) is 5.69 Å². The number of nitrogens with zero attached hydrogens (tertiary/aromatic N) is 2. The summed E-state index contributed by atoms with van der Waals surface area (Å²) in [5, 5.41) is 3.65. The van der Waals surface area contributed by atoms with Crippen LogP contribution in [0.2, 0.25) is 10.0 Å². The molecule has 0 fully saturated rings. The lowest BCUT2D eigenvalue weighted by Crippen LogP contribution is -2.52. The number of aryl methyl sites for hydroxylation is 2. The first-order valence-corrected chi connectivity index (χ1v) is 15.3. The van der Waals surface area contributed by atoms with Crippen LogP contribution in [0.1, 0.15) is 43.4 Å². The number of halogens is 2. The van der Waals surface area contributed by atoms with Crippen molar-refractivity contribution in [2.24, 2.45) is 0 Å². The minimum atomic E-state index is -4.12. The van der Waals surface area contributed by atoms with E-state index in [-0.39, 0.29) is 17.3 Å². The number of hydrogen-bond acceptors (Lipinski definition) is 4. The van der Waals surface area contributed by atoms with Crippen LogP contribution in [0, 0.1) is 13.8 Å². The summed E-state index contributed by atoms with van der Waals surface area (Å²) in [6.45, 7) is 7.45. The molecule has 10 heteroatoms. The molecule has 2 amide bonds. The summed E-state index contributed by atoms with van der Waals surface area (Å²) in [6, 6.07) is 17.5. The van der Waals surface area contributed by atoms with Gasteiger partial charge in [0.1, 0.15) is 12.6 Å². The van der Waals surface area contributed by atoms with Gasteiger partial charge in [-0.2, -0.15) is 0 Å². The lowest BCUT2D eigenvalue weighted by atomic mass is 10.1. The molecule has 1 atom stereocenters. The van der Waals surface area contributed by atoms with Gasteiger partial charge in [0, 0.05) is 23.1 Å². The predicted octanol–water partition coefficient (Wildman–Crippen LogP) is 6.14. The molecule has 7 nitrogen and oxygen atoms in total. The third-order valence-corrected chi connectivity index (χ3v) is 8.88.